The Morgan fingerprint density at radius 2 is 1.57 bits per heavy atom. The van der Waals surface area contributed by atoms with E-state index in [9.17, 15) is 13.2 Å². The summed E-state index contributed by atoms with van der Waals surface area (Å²) in [5.41, 5.74) is 5.26. The minimum Gasteiger partial charge on any atom is -0.492 e. The van der Waals surface area contributed by atoms with Gasteiger partial charge in [0.1, 0.15) is 5.75 Å². The predicted molar refractivity (Wildman–Crippen MR) is 111 cm³/mol. The molecule has 1 nitrogen and oxygen atoms in total. The standard InChI is InChI=1S/C26H17F3O/c27-26(28,29)16-10-11-18-21(14-16)22(15-6-2-1-3-7-15)24-17-8-4-5-9-19(17)25-20(23(18)24)12-13-30-25/h1-11,14,22H,12-13H2. The first-order valence-corrected chi connectivity index (χ1v) is 10.0. The van der Waals surface area contributed by atoms with E-state index in [1.54, 1.807) is 6.07 Å². The zero-order chi connectivity index (χ0) is 20.5. The van der Waals surface area contributed by atoms with Gasteiger partial charge < -0.3 is 4.74 Å². The molecule has 0 radical (unpaired) electrons. The molecule has 0 saturated carbocycles. The maximum Gasteiger partial charge on any atom is 0.416 e. The van der Waals surface area contributed by atoms with Gasteiger partial charge in [-0.15, -0.1) is 0 Å². The molecule has 1 aliphatic heterocycles. The molecular formula is C26H17F3O. The molecule has 0 saturated heterocycles. The molecule has 6 rings (SSSR count). The second-order valence-corrected chi connectivity index (χ2v) is 7.88. The molecule has 0 bridgehead atoms. The lowest BCUT2D eigenvalue weighted by molar-refractivity contribution is -0.137. The summed E-state index contributed by atoms with van der Waals surface area (Å²) in [6.07, 6.45) is -3.61. The summed E-state index contributed by atoms with van der Waals surface area (Å²) in [6, 6.07) is 22.1. The topological polar surface area (TPSA) is 9.23 Å². The highest BCUT2D eigenvalue weighted by atomic mass is 19.4. The van der Waals surface area contributed by atoms with Crippen LogP contribution in [0.4, 0.5) is 13.2 Å². The van der Waals surface area contributed by atoms with Crippen LogP contribution in [0.1, 0.15) is 33.7 Å². The minimum absolute atomic E-state index is 0.241. The Morgan fingerprint density at radius 1 is 0.833 bits per heavy atom. The van der Waals surface area contributed by atoms with Crippen molar-refractivity contribution in [3.05, 3.63) is 101 Å². The fourth-order valence-electron chi connectivity index (χ4n) is 5.11. The lowest BCUT2D eigenvalue weighted by Gasteiger charge is -2.18. The van der Waals surface area contributed by atoms with Crippen molar-refractivity contribution in [1.82, 2.24) is 0 Å². The van der Waals surface area contributed by atoms with E-state index < -0.39 is 11.7 Å². The summed E-state index contributed by atoms with van der Waals surface area (Å²) in [6.45, 7) is 0.599. The van der Waals surface area contributed by atoms with Crippen LogP contribution in [0.25, 0.3) is 21.9 Å². The molecule has 0 amide bonds. The third-order valence-corrected chi connectivity index (χ3v) is 6.29. The minimum atomic E-state index is -4.38. The lowest BCUT2D eigenvalue weighted by atomic mass is 9.85. The van der Waals surface area contributed by atoms with Crippen LogP contribution in [0, 0.1) is 0 Å². The lowest BCUT2D eigenvalue weighted by Crippen LogP contribution is -2.07. The average molecular weight is 402 g/mol. The molecule has 0 N–H and O–H groups in total. The van der Waals surface area contributed by atoms with Crippen molar-refractivity contribution in [3.63, 3.8) is 0 Å². The summed E-state index contributed by atoms with van der Waals surface area (Å²) in [5.74, 6) is 0.637. The molecule has 0 fully saturated rings. The second-order valence-electron chi connectivity index (χ2n) is 7.88. The number of halogens is 3. The Bertz CT molecular complexity index is 1310. The normalized spacial score (nSPS) is 16.8. The van der Waals surface area contributed by atoms with Crippen molar-refractivity contribution in [2.45, 2.75) is 18.5 Å². The molecular weight excluding hydrogens is 385 g/mol. The maximum atomic E-state index is 13.6. The van der Waals surface area contributed by atoms with E-state index in [2.05, 4.69) is 6.07 Å². The highest BCUT2D eigenvalue weighted by molar-refractivity contribution is 6.03. The number of alkyl halides is 3. The van der Waals surface area contributed by atoms with Gasteiger partial charge in [0, 0.05) is 23.3 Å². The third kappa shape index (κ3) is 2.37. The molecule has 2 aliphatic rings. The number of hydrogen-bond donors (Lipinski definition) is 0. The Morgan fingerprint density at radius 3 is 2.33 bits per heavy atom. The molecule has 1 heterocycles. The molecule has 148 valence electrons. The van der Waals surface area contributed by atoms with Gasteiger partial charge in [-0.25, -0.2) is 0 Å². The van der Waals surface area contributed by atoms with Crippen molar-refractivity contribution in [2.24, 2.45) is 0 Å². The Hall–Kier alpha value is -3.27. The zero-order valence-electron chi connectivity index (χ0n) is 16.0. The largest absolute Gasteiger partial charge is 0.492 e. The summed E-state index contributed by atoms with van der Waals surface area (Å²) < 4.78 is 46.7. The molecule has 0 spiro atoms. The van der Waals surface area contributed by atoms with E-state index in [-0.39, 0.29) is 5.92 Å². The van der Waals surface area contributed by atoms with Crippen molar-refractivity contribution in [3.8, 4) is 16.9 Å². The van der Waals surface area contributed by atoms with Crippen LogP contribution in [-0.4, -0.2) is 6.61 Å². The van der Waals surface area contributed by atoms with Crippen LogP contribution in [0.3, 0.4) is 0 Å². The van der Waals surface area contributed by atoms with Crippen LogP contribution in [0.2, 0.25) is 0 Å². The highest BCUT2D eigenvalue weighted by Crippen LogP contribution is 2.56. The Kier molecular flexibility index (Phi) is 3.58. The van der Waals surface area contributed by atoms with E-state index in [0.717, 1.165) is 56.3 Å². The highest BCUT2D eigenvalue weighted by Gasteiger charge is 2.39. The van der Waals surface area contributed by atoms with Gasteiger partial charge in [0.15, 0.2) is 0 Å². The van der Waals surface area contributed by atoms with Gasteiger partial charge in [0.05, 0.1) is 12.2 Å². The molecule has 1 unspecified atom stereocenters. The molecule has 4 heteroatoms. The van der Waals surface area contributed by atoms with Crippen LogP contribution in [-0.2, 0) is 12.6 Å². The SMILES string of the molecule is FC(F)(F)c1ccc2c(c1)C(c1ccccc1)c1c-2c2c(c3ccccc13)OCC2. The van der Waals surface area contributed by atoms with Crippen LogP contribution < -0.4 is 4.74 Å². The molecule has 4 aromatic carbocycles. The van der Waals surface area contributed by atoms with Crippen molar-refractivity contribution in [2.75, 3.05) is 6.61 Å². The van der Waals surface area contributed by atoms with Gasteiger partial charge >= 0.3 is 6.18 Å². The molecule has 1 atom stereocenters. The number of hydrogen-bond acceptors (Lipinski definition) is 1. The van der Waals surface area contributed by atoms with Crippen LogP contribution in [0.5, 0.6) is 5.75 Å². The number of fused-ring (bicyclic) bond motifs is 8. The number of ether oxygens (including phenoxy) is 1. The second kappa shape index (κ2) is 6.11. The fraction of sp³-hybridized carbons (Fsp3) is 0.154. The van der Waals surface area contributed by atoms with Gasteiger partial charge in [-0.3, -0.25) is 0 Å². The third-order valence-electron chi connectivity index (χ3n) is 6.29. The Labute approximate surface area is 171 Å². The first kappa shape index (κ1) is 17.6. The monoisotopic (exact) mass is 402 g/mol. The van der Waals surface area contributed by atoms with Crippen molar-refractivity contribution in [1.29, 1.82) is 0 Å². The zero-order valence-corrected chi connectivity index (χ0v) is 16.0. The van der Waals surface area contributed by atoms with Gasteiger partial charge in [0.25, 0.3) is 0 Å². The van der Waals surface area contributed by atoms with Crippen molar-refractivity contribution >= 4 is 10.8 Å². The first-order valence-electron chi connectivity index (χ1n) is 10.0. The number of benzene rings is 4. The average Bonchev–Trinajstić information content (AvgIpc) is 3.36. The van der Waals surface area contributed by atoms with Gasteiger partial charge in [-0.05, 0) is 45.3 Å². The molecule has 1 aliphatic carbocycles. The molecule has 0 aromatic heterocycles. The summed E-state index contributed by atoms with van der Waals surface area (Å²) in [4.78, 5) is 0. The molecule has 30 heavy (non-hydrogen) atoms. The van der Waals surface area contributed by atoms with Gasteiger partial charge in [0.2, 0.25) is 0 Å². The molecule has 4 aromatic rings. The summed E-state index contributed by atoms with van der Waals surface area (Å²) >= 11 is 0. The van der Waals surface area contributed by atoms with E-state index in [1.165, 1.54) is 12.1 Å². The number of rotatable bonds is 1. The van der Waals surface area contributed by atoms with E-state index in [1.807, 2.05) is 48.5 Å². The fourth-order valence-corrected chi connectivity index (χ4v) is 5.11. The van der Waals surface area contributed by atoms with E-state index >= 15 is 0 Å². The summed E-state index contributed by atoms with van der Waals surface area (Å²) in [5, 5.41) is 2.08. The quantitative estimate of drug-likeness (QED) is 0.295. The van der Waals surface area contributed by atoms with Gasteiger partial charge in [-0.1, -0.05) is 60.7 Å². The van der Waals surface area contributed by atoms with Crippen LogP contribution >= 0.6 is 0 Å². The van der Waals surface area contributed by atoms with E-state index in [4.69, 9.17) is 4.74 Å². The van der Waals surface area contributed by atoms with Gasteiger partial charge in [-0.2, -0.15) is 13.2 Å². The maximum absolute atomic E-state index is 13.6. The smallest absolute Gasteiger partial charge is 0.416 e. The predicted octanol–water partition coefficient (Wildman–Crippen LogP) is 6.95. The van der Waals surface area contributed by atoms with E-state index in [0.29, 0.717) is 6.61 Å². The van der Waals surface area contributed by atoms with Crippen molar-refractivity contribution < 1.29 is 17.9 Å². The Balaban J connectivity index is 1.75. The first-order chi connectivity index (χ1) is 14.5. The van der Waals surface area contributed by atoms with Crippen LogP contribution in [0.15, 0.2) is 72.8 Å². The summed E-state index contributed by atoms with van der Waals surface area (Å²) in [7, 11) is 0.